The summed E-state index contributed by atoms with van der Waals surface area (Å²) < 4.78 is 5.96. The Hall–Kier alpha value is -1.81. The van der Waals surface area contributed by atoms with Gasteiger partial charge in [0.2, 0.25) is 5.91 Å². The lowest BCUT2D eigenvalue weighted by molar-refractivity contribution is -0.120. The van der Waals surface area contributed by atoms with Gasteiger partial charge in [-0.2, -0.15) is 0 Å². The van der Waals surface area contributed by atoms with Gasteiger partial charge in [-0.3, -0.25) is 4.79 Å². The van der Waals surface area contributed by atoms with Crippen molar-refractivity contribution in [3.05, 3.63) is 28.8 Å². The molecule has 1 unspecified atom stereocenters. The lowest BCUT2D eigenvalue weighted by Gasteiger charge is -2.31. The van der Waals surface area contributed by atoms with Crippen LogP contribution in [0.1, 0.15) is 55.7 Å². The molecule has 0 saturated heterocycles. The summed E-state index contributed by atoms with van der Waals surface area (Å²) in [5.41, 5.74) is 3.20. The van der Waals surface area contributed by atoms with Gasteiger partial charge in [0.1, 0.15) is 11.4 Å². The number of carbonyl (C=O) groups is 1. The number of hydrogen-bond acceptors (Lipinski definition) is 3. The Bertz CT molecular complexity index is 674. The molecule has 0 bridgehead atoms. The van der Waals surface area contributed by atoms with Crippen LogP contribution in [0.25, 0.3) is 6.08 Å². The van der Waals surface area contributed by atoms with Gasteiger partial charge in [0.05, 0.1) is 6.61 Å². The first-order valence-electron chi connectivity index (χ1n) is 8.88. The van der Waals surface area contributed by atoms with Crippen molar-refractivity contribution in [2.24, 2.45) is 5.92 Å². The lowest BCUT2D eigenvalue weighted by Crippen LogP contribution is -2.36. The number of rotatable bonds is 3. The van der Waals surface area contributed by atoms with Crippen LogP contribution in [0.5, 0.6) is 5.75 Å². The van der Waals surface area contributed by atoms with E-state index in [2.05, 4.69) is 5.32 Å². The van der Waals surface area contributed by atoms with E-state index in [0.717, 1.165) is 53.8 Å². The minimum Gasteiger partial charge on any atom is -0.480 e. The monoisotopic (exact) mass is 329 g/mol. The summed E-state index contributed by atoms with van der Waals surface area (Å²) in [5, 5.41) is 12.7. The average molecular weight is 329 g/mol. The highest BCUT2D eigenvalue weighted by molar-refractivity contribution is 5.95. The first-order valence-corrected chi connectivity index (χ1v) is 8.88. The number of anilines is 1. The van der Waals surface area contributed by atoms with E-state index in [0.29, 0.717) is 0 Å². The summed E-state index contributed by atoms with van der Waals surface area (Å²) in [5.74, 6) is 1.04. The minimum absolute atomic E-state index is 0.0683. The van der Waals surface area contributed by atoms with Crippen LogP contribution in [0.15, 0.2) is 12.1 Å². The molecule has 4 nitrogen and oxygen atoms in total. The van der Waals surface area contributed by atoms with E-state index >= 15 is 0 Å². The third kappa shape index (κ3) is 3.20. The molecule has 0 radical (unpaired) electrons. The number of hydrogen-bond donors (Lipinski definition) is 2. The Kier molecular flexibility index (Phi) is 4.68. The number of amides is 1. The molecule has 0 aromatic heterocycles. The van der Waals surface area contributed by atoms with Crippen molar-refractivity contribution in [1.29, 1.82) is 0 Å². The quantitative estimate of drug-likeness (QED) is 0.882. The predicted molar refractivity (Wildman–Crippen MR) is 96.3 cm³/mol. The number of aliphatic hydroxyl groups excluding tert-OH is 1. The Morgan fingerprint density at radius 1 is 1.33 bits per heavy atom. The Morgan fingerprint density at radius 3 is 2.71 bits per heavy atom. The molecular formula is C20H27NO3. The van der Waals surface area contributed by atoms with Gasteiger partial charge < -0.3 is 15.2 Å². The summed E-state index contributed by atoms with van der Waals surface area (Å²) in [6.45, 7) is 5.79. The Balaban J connectivity index is 1.87. The highest BCUT2D eigenvalue weighted by atomic mass is 16.5. The van der Waals surface area contributed by atoms with Gasteiger partial charge in [0.15, 0.2) is 0 Å². The summed E-state index contributed by atoms with van der Waals surface area (Å²) in [6.07, 6.45) is 9.39. The highest BCUT2D eigenvalue weighted by Gasteiger charge is 2.29. The lowest BCUT2D eigenvalue weighted by atomic mass is 9.88. The third-order valence-electron chi connectivity index (χ3n) is 5.27. The number of aliphatic hydroxyl groups is 1. The second kappa shape index (κ2) is 6.60. The molecular weight excluding hydrogens is 302 g/mol. The number of aryl methyl sites for hydroxylation is 1. The van der Waals surface area contributed by atoms with E-state index < -0.39 is 5.60 Å². The summed E-state index contributed by atoms with van der Waals surface area (Å²) in [6, 6.07) is 1.95. The molecule has 3 rings (SSSR count). The molecule has 2 aliphatic rings. The first kappa shape index (κ1) is 17.0. The summed E-state index contributed by atoms with van der Waals surface area (Å²) in [7, 11) is 0. The Morgan fingerprint density at radius 2 is 2.04 bits per heavy atom. The second-order valence-corrected chi connectivity index (χ2v) is 7.34. The van der Waals surface area contributed by atoms with Crippen LogP contribution in [-0.4, -0.2) is 23.2 Å². The number of carbonyl (C=O) groups excluding carboxylic acids is 1. The number of ether oxygens (including phenoxy) is 1. The SMILES string of the molecule is Cc1cc2c(c(C)c1NC(=O)C1CCCCC1)C=CC(C)(CO)O2. The fourth-order valence-corrected chi connectivity index (χ4v) is 3.67. The molecule has 1 aliphatic heterocycles. The van der Waals surface area contributed by atoms with Crippen LogP contribution in [0.2, 0.25) is 0 Å². The van der Waals surface area contributed by atoms with Crippen molar-refractivity contribution in [1.82, 2.24) is 0 Å². The largest absolute Gasteiger partial charge is 0.480 e. The fraction of sp³-hybridized carbons (Fsp3) is 0.550. The molecule has 2 N–H and O–H groups in total. The van der Waals surface area contributed by atoms with Crippen LogP contribution >= 0.6 is 0 Å². The summed E-state index contributed by atoms with van der Waals surface area (Å²) in [4.78, 5) is 12.6. The van der Waals surface area contributed by atoms with Gasteiger partial charge in [-0.15, -0.1) is 0 Å². The number of nitrogens with one attached hydrogen (secondary N) is 1. The van der Waals surface area contributed by atoms with Crippen LogP contribution < -0.4 is 10.1 Å². The maximum atomic E-state index is 12.6. The molecule has 130 valence electrons. The van der Waals surface area contributed by atoms with Crippen LogP contribution in [0.4, 0.5) is 5.69 Å². The van der Waals surface area contributed by atoms with Gasteiger partial charge in [-0.25, -0.2) is 0 Å². The van der Waals surface area contributed by atoms with Gasteiger partial charge in [0, 0.05) is 17.2 Å². The van der Waals surface area contributed by atoms with Crippen LogP contribution in [0, 0.1) is 19.8 Å². The molecule has 1 aromatic rings. The molecule has 1 atom stereocenters. The van der Waals surface area contributed by atoms with E-state index in [1.54, 1.807) is 0 Å². The zero-order valence-electron chi connectivity index (χ0n) is 14.8. The van der Waals surface area contributed by atoms with Crippen molar-refractivity contribution in [2.75, 3.05) is 11.9 Å². The highest BCUT2D eigenvalue weighted by Crippen LogP contribution is 2.38. The van der Waals surface area contributed by atoms with Crippen LogP contribution in [0.3, 0.4) is 0 Å². The van der Waals surface area contributed by atoms with Crippen LogP contribution in [-0.2, 0) is 4.79 Å². The molecule has 4 heteroatoms. The molecule has 0 spiro atoms. The van der Waals surface area contributed by atoms with Crippen molar-refractivity contribution in [2.45, 2.75) is 58.5 Å². The van der Waals surface area contributed by atoms with Gasteiger partial charge in [0.25, 0.3) is 0 Å². The molecule has 1 saturated carbocycles. The zero-order chi connectivity index (χ0) is 17.3. The normalized spacial score (nSPS) is 23.5. The molecule has 1 fully saturated rings. The molecule has 24 heavy (non-hydrogen) atoms. The molecule has 1 amide bonds. The fourth-order valence-electron chi connectivity index (χ4n) is 3.67. The average Bonchev–Trinajstić information content (AvgIpc) is 2.59. The van der Waals surface area contributed by atoms with E-state index in [1.807, 2.05) is 39.0 Å². The number of fused-ring (bicyclic) bond motifs is 1. The molecule has 1 aromatic carbocycles. The van der Waals surface area contributed by atoms with Gasteiger partial charge in [-0.1, -0.05) is 25.3 Å². The summed E-state index contributed by atoms with van der Waals surface area (Å²) >= 11 is 0. The second-order valence-electron chi connectivity index (χ2n) is 7.34. The van der Waals surface area contributed by atoms with Crippen molar-refractivity contribution >= 4 is 17.7 Å². The van der Waals surface area contributed by atoms with E-state index in [1.165, 1.54) is 6.42 Å². The van der Waals surface area contributed by atoms with Crippen molar-refractivity contribution in [3.8, 4) is 5.75 Å². The van der Waals surface area contributed by atoms with E-state index in [9.17, 15) is 9.90 Å². The molecule has 1 heterocycles. The smallest absolute Gasteiger partial charge is 0.227 e. The van der Waals surface area contributed by atoms with Crippen molar-refractivity contribution < 1.29 is 14.6 Å². The maximum absolute atomic E-state index is 12.6. The van der Waals surface area contributed by atoms with Gasteiger partial charge >= 0.3 is 0 Å². The van der Waals surface area contributed by atoms with E-state index in [4.69, 9.17) is 4.74 Å². The third-order valence-corrected chi connectivity index (χ3v) is 5.27. The van der Waals surface area contributed by atoms with E-state index in [-0.39, 0.29) is 18.4 Å². The number of benzene rings is 1. The van der Waals surface area contributed by atoms with Gasteiger partial charge in [-0.05, 0) is 56.9 Å². The molecule has 1 aliphatic carbocycles. The zero-order valence-corrected chi connectivity index (χ0v) is 14.8. The standard InChI is InChI=1S/C20H27NO3/c1-13-11-17-16(9-10-20(3,12-22)24-17)14(2)18(13)21-19(23)15-7-5-4-6-8-15/h9-11,15,22H,4-8,12H2,1-3H3,(H,21,23). The van der Waals surface area contributed by atoms with Crippen molar-refractivity contribution in [3.63, 3.8) is 0 Å². The maximum Gasteiger partial charge on any atom is 0.227 e. The Labute approximate surface area is 143 Å². The predicted octanol–water partition coefficient (Wildman–Crippen LogP) is 3.98. The topological polar surface area (TPSA) is 58.6 Å². The first-order chi connectivity index (χ1) is 11.4. The minimum atomic E-state index is -0.682.